The van der Waals surface area contributed by atoms with Gasteiger partial charge in [0.1, 0.15) is 13.1 Å². The maximum absolute atomic E-state index is 2.75. The van der Waals surface area contributed by atoms with Crippen LogP contribution in [0.5, 0.6) is 0 Å². The average Bonchev–Trinajstić information content (AvgIpc) is 2.33. The Labute approximate surface area is 144 Å². The van der Waals surface area contributed by atoms with Crippen LogP contribution in [0.15, 0.2) is 0 Å². The number of halogens is 2. The molecule has 0 unspecified atom stereocenters. The summed E-state index contributed by atoms with van der Waals surface area (Å²) < 4.78 is 7.98. The molecular formula is C12H30I2N3P. The quantitative estimate of drug-likeness (QED) is 0.365. The van der Waals surface area contributed by atoms with Crippen molar-refractivity contribution in [1.82, 2.24) is 9.34 Å². The van der Waals surface area contributed by atoms with Gasteiger partial charge in [-0.2, -0.15) is 0 Å². The molecule has 0 spiro atoms. The molecule has 0 atom stereocenters. The molecule has 0 saturated heterocycles. The number of hydrogen-bond donors (Lipinski definition) is 0. The summed E-state index contributed by atoms with van der Waals surface area (Å²) in [6.45, 7) is 20.5. The predicted octanol–water partition coefficient (Wildman–Crippen LogP) is 1.11. The largest absolute Gasteiger partial charge is 1.00 e. The minimum Gasteiger partial charge on any atom is -1.00 e. The zero-order chi connectivity index (χ0) is 13.5. The van der Waals surface area contributed by atoms with Gasteiger partial charge in [-0.05, 0) is 13.8 Å². The molecule has 0 radical (unpaired) electrons. The lowest BCUT2D eigenvalue weighted by molar-refractivity contribution is -0.504. The minimum absolute atomic E-state index is 0. The third kappa shape index (κ3) is 4.86. The van der Waals surface area contributed by atoms with Crippen LogP contribution in [0.4, 0.5) is 0 Å². The topological polar surface area (TPSA) is 9.49 Å². The van der Waals surface area contributed by atoms with Gasteiger partial charge in [0, 0.05) is 26.2 Å². The van der Waals surface area contributed by atoms with Gasteiger partial charge in [-0.15, -0.1) is 0 Å². The van der Waals surface area contributed by atoms with Crippen LogP contribution in [0.3, 0.4) is 0 Å². The Kier molecular flexibility index (Phi) is 13.7. The molecule has 0 aliphatic carbocycles. The summed E-state index contributed by atoms with van der Waals surface area (Å²) in [7, 11) is 0. The second-order valence-corrected chi connectivity index (χ2v) is 10.5. The van der Waals surface area contributed by atoms with Gasteiger partial charge >= 0.3 is 0 Å². The molecule has 0 heterocycles. The van der Waals surface area contributed by atoms with Crippen LogP contribution >= 0.6 is 27.0 Å². The van der Waals surface area contributed by atoms with Crippen LogP contribution in [-0.4, -0.2) is 52.9 Å². The Morgan fingerprint density at radius 2 is 1.06 bits per heavy atom. The summed E-state index contributed by atoms with van der Waals surface area (Å²) in [4.78, 5) is -1.33. The lowest BCUT2D eigenvalue weighted by Crippen LogP contribution is -3.00. The maximum atomic E-state index is 2.75. The second kappa shape index (κ2) is 11.3. The van der Waals surface area contributed by atoms with Crippen LogP contribution in [0.1, 0.15) is 41.5 Å². The summed E-state index contributed by atoms with van der Waals surface area (Å²) in [6.07, 6.45) is 0. The molecule has 0 aromatic rings. The van der Waals surface area contributed by atoms with Crippen LogP contribution in [0, 0.1) is 0 Å². The molecule has 0 N–H and O–H groups in total. The van der Waals surface area contributed by atoms with E-state index < -0.39 is 5.00 Å². The van der Waals surface area contributed by atoms with Crippen molar-refractivity contribution in [3.05, 3.63) is 0 Å². The van der Waals surface area contributed by atoms with E-state index in [2.05, 4.69) is 77.3 Å². The Balaban J connectivity index is 0. The highest BCUT2D eigenvalue weighted by atomic mass is 127. The number of nitrogens with zero attached hydrogens (tertiary/aromatic N) is 3. The van der Waals surface area contributed by atoms with Crippen LogP contribution in [0.25, 0.3) is 0 Å². The third-order valence-electron chi connectivity index (χ3n) is 3.27. The van der Waals surface area contributed by atoms with Gasteiger partial charge in [0.05, 0.1) is 22.0 Å². The summed E-state index contributed by atoms with van der Waals surface area (Å²) in [5, 5.41) is 0. The fraction of sp³-hybridized carbons (Fsp3) is 1.00. The van der Waals surface area contributed by atoms with Gasteiger partial charge in [0.2, 0.25) is 0 Å². The van der Waals surface area contributed by atoms with Crippen molar-refractivity contribution in [2.45, 2.75) is 41.5 Å². The molecule has 0 rings (SSSR count). The lowest BCUT2D eigenvalue weighted by Gasteiger charge is -2.36. The molecule has 0 bridgehead atoms. The van der Waals surface area contributed by atoms with Gasteiger partial charge < -0.3 is 24.0 Å². The normalized spacial score (nSPS) is 11.8. The van der Waals surface area contributed by atoms with Gasteiger partial charge in [0.25, 0.3) is 5.00 Å². The van der Waals surface area contributed by atoms with Crippen molar-refractivity contribution < 1.29 is 28.3 Å². The molecular weight excluding hydrogens is 471 g/mol. The van der Waals surface area contributed by atoms with E-state index in [1.807, 2.05) is 0 Å². The molecule has 3 nitrogen and oxygen atoms in total. The Hall–Kier alpha value is 1.61. The van der Waals surface area contributed by atoms with Crippen molar-refractivity contribution in [3.63, 3.8) is 0 Å². The Morgan fingerprint density at radius 1 is 0.778 bits per heavy atom. The molecule has 0 aliphatic rings. The average molecular weight is 501 g/mol. The SMILES string of the molecule is CCN(CC)P(I)(N(CC)CC)=[N+](CC)CC.[I-]. The molecule has 0 aliphatic heterocycles. The van der Waals surface area contributed by atoms with E-state index in [0.717, 1.165) is 39.3 Å². The van der Waals surface area contributed by atoms with Gasteiger partial charge in [-0.25, -0.2) is 13.7 Å². The van der Waals surface area contributed by atoms with Crippen molar-refractivity contribution in [3.8, 4) is 0 Å². The molecule has 0 amide bonds. The summed E-state index contributed by atoms with van der Waals surface area (Å²) >= 11 is 2.75. The fourth-order valence-electron chi connectivity index (χ4n) is 2.29. The first-order valence-electron chi connectivity index (χ1n) is 6.91. The molecule has 18 heavy (non-hydrogen) atoms. The number of hydrogen-bond acceptors (Lipinski definition) is 0. The van der Waals surface area contributed by atoms with Crippen LogP contribution in [-0.2, 0) is 0 Å². The van der Waals surface area contributed by atoms with E-state index in [9.17, 15) is 0 Å². The van der Waals surface area contributed by atoms with Gasteiger partial charge in [0.15, 0.2) is 0 Å². The monoisotopic (exact) mass is 501 g/mol. The minimum atomic E-state index is -1.33. The van der Waals surface area contributed by atoms with Gasteiger partial charge in [-0.3, -0.25) is 0 Å². The smallest absolute Gasteiger partial charge is 0.294 e. The Morgan fingerprint density at radius 3 is 1.22 bits per heavy atom. The van der Waals surface area contributed by atoms with E-state index in [-0.39, 0.29) is 24.0 Å². The van der Waals surface area contributed by atoms with Gasteiger partial charge in [-0.1, -0.05) is 27.7 Å². The first-order valence-corrected chi connectivity index (χ1v) is 11.3. The zero-order valence-electron chi connectivity index (χ0n) is 12.8. The fourth-order valence-corrected chi connectivity index (χ4v) is 11.0. The first kappa shape index (κ1) is 21.9. The first-order chi connectivity index (χ1) is 8.06. The summed E-state index contributed by atoms with van der Waals surface area (Å²) in [5.74, 6) is 0. The highest BCUT2D eigenvalue weighted by molar-refractivity contribution is 14.2. The Bertz CT molecular complexity index is 242. The lowest BCUT2D eigenvalue weighted by atomic mass is 10.7. The second-order valence-electron chi connectivity index (χ2n) is 3.91. The van der Waals surface area contributed by atoms with Crippen LogP contribution < -0.4 is 24.0 Å². The highest BCUT2D eigenvalue weighted by Gasteiger charge is 2.37. The molecule has 112 valence electrons. The van der Waals surface area contributed by atoms with E-state index in [1.54, 1.807) is 0 Å². The molecule has 0 aromatic heterocycles. The van der Waals surface area contributed by atoms with Crippen molar-refractivity contribution in [2.75, 3.05) is 39.3 Å². The summed E-state index contributed by atoms with van der Waals surface area (Å²) in [6, 6.07) is 0. The molecule has 0 aromatic carbocycles. The number of rotatable bonds is 8. The maximum Gasteiger partial charge on any atom is 0.294 e. The highest BCUT2D eigenvalue weighted by Crippen LogP contribution is 2.63. The van der Waals surface area contributed by atoms with E-state index in [1.165, 1.54) is 0 Å². The third-order valence-corrected chi connectivity index (χ3v) is 12.6. The standard InChI is InChI=1S/C12H30IN3P.HI/c1-7-14(8-2)17(13,15(9-3)10-4)16(11-5)12-6;/h7-12H2,1-6H3;1H/q+1;/p-1. The van der Waals surface area contributed by atoms with Crippen molar-refractivity contribution in [2.24, 2.45) is 0 Å². The van der Waals surface area contributed by atoms with Crippen LogP contribution in [0.2, 0.25) is 0 Å². The predicted molar refractivity (Wildman–Crippen MR) is 88.1 cm³/mol. The molecule has 0 fully saturated rings. The van der Waals surface area contributed by atoms with E-state index >= 15 is 0 Å². The molecule has 6 heteroatoms. The van der Waals surface area contributed by atoms with E-state index in [0.29, 0.717) is 0 Å². The van der Waals surface area contributed by atoms with E-state index in [4.69, 9.17) is 0 Å². The van der Waals surface area contributed by atoms with Crippen molar-refractivity contribution in [1.29, 1.82) is 0 Å². The van der Waals surface area contributed by atoms with Crippen molar-refractivity contribution >= 4 is 27.0 Å². The molecule has 0 saturated carbocycles. The zero-order valence-corrected chi connectivity index (χ0v) is 18.0. The summed E-state index contributed by atoms with van der Waals surface area (Å²) in [5.41, 5.74) is 0.